The molecule has 0 fully saturated rings. The van der Waals surface area contributed by atoms with Crippen molar-refractivity contribution < 1.29 is 21.6 Å². The highest BCUT2D eigenvalue weighted by Gasteiger charge is 2.39. The topological polar surface area (TPSA) is 95.1 Å². The van der Waals surface area contributed by atoms with Crippen LogP contribution in [0, 0.1) is 0 Å². The van der Waals surface area contributed by atoms with Gasteiger partial charge in [0, 0.05) is 66.7 Å². The summed E-state index contributed by atoms with van der Waals surface area (Å²) in [5.74, 6) is -0.343. The molecule has 5 aromatic rings. The summed E-state index contributed by atoms with van der Waals surface area (Å²) in [4.78, 5) is 15.4. The molecule has 0 saturated carbocycles. The molecule has 0 atom stereocenters. The van der Waals surface area contributed by atoms with Crippen LogP contribution in [0.5, 0.6) is 0 Å². The Labute approximate surface area is 256 Å². The lowest BCUT2D eigenvalue weighted by atomic mass is 10.1. The predicted molar refractivity (Wildman–Crippen MR) is 175 cm³/mol. The molecule has 11 heteroatoms. The van der Waals surface area contributed by atoms with Crippen molar-refractivity contribution in [3.8, 4) is 0 Å². The van der Waals surface area contributed by atoms with Gasteiger partial charge >= 0.3 is 0 Å². The molecule has 0 radical (unpaired) electrons. The van der Waals surface area contributed by atoms with Crippen LogP contribution in [-0.4, -0.2) is 50.8 Å². The van der Waals surface area contributed by atoms with E-state index >= 15 is 0 Å². The molecule has 0 amide bonds. The van der Waals surface area contributed by atoms with Crippen LogP contribution in [0.2, 0.25) is 5.02 Å². The van der Waals surface area contributed by atoms with Crippen LogP contribution in [-0.2, 0) is 20.0 Å². The van der Waals surface area contributed by atoms with E-state index in [0.717, 1.165) is 11.4 Å². The molecule has 8 nitrogen and oxygen atoms in total. The van der Waals surface area contributed by atoms with Gasteiger partial charge in [0.25, 0.3) is 20.0 Å². The van der Waals surface area contributed by atoms with E-state index in [4.69, 9.17) is 11.6 Å². The molecule has 43 heavy (non-hydrogen) atoms. The number of rotatable bonds is 8. The average molecular weight is 636 g/mol. The third kappa shape index (κ3) is 5.20. The number of benzene rings is 5. The lowest BCUT2D eigenvalue weighted by Gasteiger charge is -2.26. The first kappa shape index (κ1) is 30.3. The molecule has 5 rings (SSSR count). The van der Waals surface area contributed by atoms with Crippen LogP contribution in [0.15, 0.2) is 101 Å². The van der Waals surface area contributed by atoms with Gasteiger partial charge in [-0.25, -0.2) is 0 Å². The van der Waals surface area contributed by atoms with Gasteiger partial charge in [-0.05, 0) is 49.4 Å². The Bertz CT molecular complexity index is 2010. The summed E-state index contributed by atoms with van der Waals surface area (Å²) in [5.41, 5.74) is 1.45. The van der Waals surface area contributed by atoms with Crippen molar-refractivity contribution in [2.75, 3.05) is 41.7 Å². The maximum atomic E-state index is 14.7. The molecule has 0 aliphatic rings. The summed E-state index contributed by atoms with van der Waals surface area (Å²) in [7, 11) is -2.24. The van der Waals surface area contributed by atoms with Gasteiger partial charge in [-0.15, -0.1) is 0 Å². The van der Waals surface area contributed by atoms with Crippen LogP contribution in [0.4, 0.5) is 17.1 Å². The fraction of sp³-hybridized carbons (Fsp3) is 0.156. The van der Waals surface area contributed by atoms with Gasteiger partial charge in [-0.3, -0.25) is 4.79 Å². The van der Waals surface area contributed by atoms with E-state index in [1.54, 1.807) is 48.5 Å². The van der Waals surface area contributed by atoms with Crippen molar-refractivity contribution in [1.82, 2.24) is 0 Å². The van der Waals surface area contributed by atoms with Gasteiger partial charge in [0.2, 0.25) is 0 Å². The van der Waals surface area contributed by atoms with Gasteiger partial charge in [0.1, 0.15) is 0 Å². The molecule has 0 heterocycles. The fourth-order valence-electron chi connectivity index (χ4n) is 5.25. The highest BCUT2D eigenvalue weighted by molar-refractivity contribution is 8.10. The molecule has 0 saturated heterocycles. The van der Waals surface area contributed by atoms with E-state index in [2.05, 4.69) is 0 Å². The molecule has 0 aliphatic heterocycles. The first-order valence-electron chi connectivity index (χ1n) is 13.3. The second kappa shape index (κ2) is 11.2. The number of nitrogens with zero attached hydrogens (tertiary/aromatic N) is 3. The summed E-state index contributed by atoms with van der Waals surface area (Å²) in [6.45, 7) is 1.32. The number of hydrogen-bond donors (Lipinski definition) is 0. The van der Waals surface area contributed by atoms with Gasteiger partial charge in [-0.2, -0.15) is 20.5 Å². The molecule has 0 bridgehead atoms. The monoisotopic (exact) mass is 635 g/mol. The van der Waals surface area contributed by atoms with Crippen molar-refractivity contribution in [3.63, 3.8) is 0 Å². The Morgan fingerprint density at radius 1 is 0.605 bits per heavy atom. The maximum absolute atomic E-state index is 14.7. The maximum Gasteiger partial charge on any atom is 0.278 e. The third-order valence-corrected chi connectivity index (χ3v) is 11.8. The molecule has 222 valence electrons. The number of halogens is 1. The van der Waals surface area contributed by atoms with Crippen LogP contribution in [0.3, 0.4) is 0 Å². The highest BCUT2D eigenvalue weighted by atomic mass is 35.5. The Balaban J connectivity index is 1.85. The number of sulfonamides is 2. The number of anilines is 3. The smallest absolute Gasteiger partial charge is 0.278 e. The number of ketones is 1. The summed E-state index contributed by atoms with van der Waals surface area (Å²) >= 11 is 6.41. The summed E-state index contributed by atoms with van der Waals surface area (Å²) in [6, 6.07) is 23.8. The average Bonchev–Trinajstić information content (AvgIpc) is 2.95. The largest absolute Gasteiger partial charge is 0.377 e. The van der Waals surface area contributed by atoms with E-state index < -0.39 is 20.0 Å². The number of fused-ring (bicyclic) bond motifs is 2. The van der Waals surface area contributed by atoms with Crippen molar-refractivity contribution >= 4 is 76.0 Å². The third-order valence-electron chi connectivity index (χ3n) is 7.22. The van der Waals surface area contributed by atoms with E-state index in [1.165, 1.54) is 37.3 Å². The minimum atomic E-state index is -4.80. The van der Waals surface area contributed by atoms with E-state index in [9.17, 15) is 21.6 Å². The SMILES string of the molecule is CC(=O)c1ccc(N(S(=O)(=O)c2cccc3c(N(C)C)cccc23)S(=O)(=O)c2cccc3c(N(C)C)cccc23)cc1Cl. The number of hydrogen-bond acceptors (Lipinski definition) is 7. The second-order valence-corrected chi connectivity index (χ2v) is 14.6. The van der Waals surface area contributed by atoms with Gasteiger partial charge in [-0.1, -0.05) is 60.1 Å². The Kier molecular flexibility index (Phi) is 7.89. The first-order chi connectivity index (χ1) is 20.3. The number of carbonyl (C=O) groups is 1. The normalized spacial score (nSPS) is 12.0. The summed E-state index contributed by atoms with van der Waals surface area (Å²) < 4.78 is 59.2. The van der Waals surface area contributed by atoms with Crippen LogP contribution in [0.1, 0.15) is 17.3 Å². The Morgan fingerprint density at radius 3 is 1.42 bits per heavy atom. The molecule has 0 aliphatic carbocycles. The van der Waals surface area contributed by atoms with Crippen molar-refractivity contribution in [2.45, 2.75) is 16.7 Å². The van der Waals surface area contributed by atoms with E-state index in [0.29, 0.717) is 25.3 Å². The van der Waals surface area contributed by atoms with Gasteiger partial charge in [0.05, 0.1) is 20.5 Å². The van der Waals surface area contributed by atoms with Crippen LogP contribution in [0.25, 0.3) is 21.5 Å². The van der Waals surface area contributed by atoms with Gasteiger partial charge < -0.3 is 9.80 Å². The van der Waals surface area contributed by atoms with E-state index in [-0.39, 0.29) is 31.8 Å². The molecule has 0 spiro atoms. The minimum Gasteiger partial charge on any atom is -0.377 e. The molecule has 0 unspecified atom stereocenters. The molecule has 0 N–H and O–H groups in total. The lowest BCUT2D eigenvalue weighted by molar-refractivity contribution is 0.101. The highest BCUT2D eigenvalue weighted by Crippen LogP contribution is 2.39. The van der Waals surface area contributed by atoms with Crippen molar-refractivity contribution in [3.05, 3.63) is 102 Å². The van der Waals surface area contributed by atoms with Crippen molar-refractivity contribution in [2.24, 2.45) is 0 Å². The number of carbonyl (C=O) groups excluding carboxylic acids is 1. The van der Waals surface area contributed by atoms with Crippen LogP contribution < -0.4 is 13.5 Å². The zero-order chi connectivity index (χ0) is 31.3. The Hall–Kier alpha value is -4.12. The quantitative estimate of drug-likeness (QED) is 0.178. The molecule has 5 aromatic carbocycles. The summed E-state index contributed by atoms with van der Waals surface area (Å²) in [5, 5.41) is 1.91. The van der Waals surface area contributed by atoms with Gasteiger partial charge in [0.15, 0.2) is 5.78 Å². The zero-order valence-electron chi connectivity index (χ0n) is 24.2. The second-order valence-electron chi connectivity index (χ2n) is 10.5. The zero-order valence-corrected chi connectivity index (χ0v) is 26.6. The standard InChI is InChI=1S/C32H30ClN3O5S2/c1-21(37)23-19-18-22(20-28(23)33)36(42(38,39)31-16-8-10-24-26(31)12-6-14-29(24)34(2)3)43(40,41)32-17-9-11-25-27(32)13-7-15-30(25)35(4)5/h6-20H,1-5H3. The van der Waals surface area contributed by atoms with Crippen LogP contribution >= 0.6 is 11.6 Å². The molecular weight excluding hydrogens is 606 g/mol. The van der Waals surface area contributed by atoms with Crippen molar-refractivity contribution in [1.29, 1.82) is 0 Å². The lowest BCUT2D eigenvalue weighted by Crippen LogP contribution is -2.37. The minimum absolute atomic E-state index is 0.0685. The molecular formula is C32H30ClN3O5S2. The first-order valence-corrected chi connectivity index (χ1v) is 16.5. The number of Topliss-reactive ketones (excluding diaryl/α,β-unsaturated/α-hetero) is 1. The molecule has 0 aromatic heterocycles. The fourth-order valence-corrected chi connectivity index (χ4v) is 9.62. The van der Waals surface area contributed by atoms with E-state index in [1.807, 2.05) is 50.1 Å². The Morgan fingerprint density at radius 2 is 1.02 bits per heavy atom. The summed E-state index contributed by atoms with van der Waals surface area (Å²) in [6.07, 6.45) is 0. The predicted octanol–water partition coefficient (Wildman–Crippen LogP) is 6.57.